The van der Waals surface area contributed by atoms with Gasteiger partial charge in [0.05, 0.1) is 39.5 Å². The molecule has 20 rings (SSSR count). The molecule has 14 aromatic carbocycles. The van der Waals surface area contributed by atoms with Gasteiger partial charge in [0, 0.05) is 97.9 Å². The van der Waals surface area contributed by atoms with Gasteiger partial charge in [-0.15, -0.1) is 107 Å². The molecule has 0 aliphatic heterocycles. The molecule has 9 nitrogen and oxygen atoms in total. The molecule has 0 aliphatic rings. The van der Waals surface area contributed by atoms with Gasteiger partial charge in [-0.1, -0.05) is 131 Å². The van der Waals surface area contributed by atoms with Gasteiger partial charge >= 0.3 is 20.1 Å². The predicted molar refractivity (Wildman–Crippen MR) is 523 cm³/mol. The molecule has 0 N–H and O–H groups in total. The number of rotatable bonds is 15. The smallest absolute Gasteiger partial charge is 0.456 e. The Morgan fingerprint density at radius 1 is 0.310 bits per heavy atom. The van der Waals surface area contributed by atoms with Gasteiger partial charge in [0.1, 0.15) is 11.2 Å². The number of benzene rings is 14. The quantitative estimate of drug-likeness (QED) is 0.0959. The average Bonchev–Trinajstić information content (AvgIpc) is 1.58. The molecule has 0 radical (unpaired) electrons. The van der Waals surface area contributed by atoms with Crippen molar-refractivity contribution >= 4 is 65.6 Å². The van der Waals surface area contributed by atoms with Crippen molar-refractivity contribution in [3.63, 3.8) is 0 Å². The van der Waals surface area contributed by atoms with Crippen LogP contribution in [-0.4, -0.2) is 37.8 Å². The summed E-state index contributed by atoms with van der Waals surface area (Å²) in [5.41, 5.74) is 42.9. The monoisotopic (exact) mass is 1820 g/mol. The van der Waals surface area contributed by atoms with Crippen molar-refractivity contribution in [2.45, 2.75) is 155 Å². The molecule has 6 heterocycles. The van der Waals surface area contributed by atoms with E-state index in [1.807, 2.05) is 79.5 Å². The van der Waals surface area contributed by atoms with Gasteiger partial charge in [-0.3, -0.25) is 15.0 Å². The molecule has 0 amide bonds. The van der Waals surface area contributed by atoms with Crippen molar-refractivity contribution in [2.24, 2.45) is 0 Å². The Kier molecular flexibility index (Phi) is 22.9. The Morgan fingerprint density at radius 2 is 0.683 bits per heavy atom. The zero-order valence-corrected chi connectivity index (χ0v) is 78.2. The molecule has 1 unspecified atom stereocenters. The molecule has 1 atom stereocenters. The van der Waals surface area contributed by atoms with Crippen LogP contribution in [0.3, 0.4) is 0 Å². The topological polar surface area (TPSA) is 76.5 Å². The third kappa shape index (κ3) is 14.8. The van der Waals surface area contributed by atoms with Gasteiger partial charge in [0.2, 0.25) is 0 Å². The summed E-state index contributed by atoms with van der Waals surface area (Å²) in [5.74, 6) is 2.80. The molecule has 20 aromatic rings. The predicted octanol–water partition coefficient (Wildman–Crippen LogP) is 30.1. The van der Waals surface area contributed by atoms with Crippen molar-refractivity contribution in [3.8, 4) is 84.9 Å². The van der Waals surface area contributed by atoms with Crippen LogP contribution in [0.15, 0.2) is 284 Å². The van der Waals surface area contributed by atoms with Gasteiger partial charge in [0.15, 0.2) is 0 Å². The summed E-state index contributed by atoms with van der Waals surface area (Å²) < 4.78 is 17.7. The van der Waals surface area contributed by atoms with Crippen LogP contribution < -0.4 is 0 Å². The second-order valence-corrected chi connectivity index (χ2v) is 35.4. The molecule has 126 heavy (non-hydrogen) atoms. The van der Waals surface area contributed by atoms with E-state index in [9.17, 15) is 0 Å². The first-order valence-electron chi connectivity index (χ1n) is 43.8. The summed E-state index contributed by atoms with van der Waals surface area (Å²) >= 11 is 0. The van der Waals surface area contributed by atoms with Crippen LogP contribution in [0.1, 0.15) is 135 Å². The van der Waals surface area contributed by atoms with Crippen LogP contribution in [0.2, 0.25) is 0 Å². The zero-order valence-electron chi connectivity index (χ0n) is 75.8. The summed E-state index contributed by atoms with van der Waals surface area (Å²) in [7, 11) is 0. The van der Waals surface area contributed by atoms with E-state index in [1.165, 1.54) is 178 Å². The fourth-order valence-electron chi connectivity index (χ4n) is 19.7. The molecule has 0 bridgehead atoms. The molecule has 0 spiro atoms. The summed E-state index contributed by atoms with van der Waals surface area (Å²) in [6.45, 7) is 42.7. The van der Waals surface area contributed by atoms with Gasteiger partial charge in [0.25, 0.3) is 0 Å². The first-order valence-corrected chi connectivity index (χ1v) is 43.8. The number of fused-ring (bicyclic) bond motifs is 9. The molecule has 0 aliphatic carbocycles. The van der Waals surface area contributed by atoms with E-state index in [-0.39, 0.29) is 30.9 Å². The number of furan rings is 1. The maximum atomic E-state index is 6.18. The maximum Gasteiger partial charge on any atom is 3.00 e. The minimum absolute atomic E-state index is 0. The fourth-order valence-corrected chi connectivity index (χ4v) is 19.7. The van der Waals surface area contributed by atoms with E-state index in [4.69, 9.17) is 9.40 Å². The summed E-state index contributed by atoms with van der Waals surface area (Å²) in [4.78, 5) is 14.0. The minimum atomic E-state index is -0.104. The average molecular weight is 1820 g/mol. The van der Waals surface area contributed by atoms with Crippen molar-refractivity contribution in [2.75, 3.05) is 0 Å². The summed E-state index contributed by atoms with van der Waals surface area (Å²) in [6.07, 6.45) is 13.8. The largest absolute Gasteiger partial charge is 3.00 e. The molecule has 0 saturated heterocycles. The summed E-state index contributed by atoms with van der Waals surface area (Å²) in [5, 5.41) is 7.21. The van der Waals surface area contributed by atoms with Crippen LogP contribution in [0, 0.1) is 122 Å². The Balaban J connectivity index is 0.000000201. The van der Waals surface area contributed by atoms with Crippen molar-refractivity contribution in [3.05, 3.63) is 393 Å². The third-order valence-corrected chi connectivity index (χ3v) is 28.2. The zero-order chi connectivity index (χ0) is 87.2. The number of nitrogens with zero attached hydrogens (tertiary/aromatic N) is 8. The van der Waals surface area contributed by atoms with E-state index in [1.54, 1.807) is 0 Å². The Hall–Kier alpha value is -13.2. The molecule has 0 saturated carbocycles. The second-order valence-electron chi connectivity index (χ2n) is 35.4. The first-order chi connectivity index (χ1) is 60.3. The minimum Gasteiger partial charge on any atom is -0.456 e. The van der Waals surface area contributed by atoms with E-state index in [2.05, 4.69) is 383 Å². The van der Waals surface area contributed by atoms with Crippen molar-refractivity contribution < 1.29 is 24.5 Å². The fraction of sp³-hybridized carbons (Fsp3) is 0.198. The Bertz CT molecular complexity index is 7330. The van der Waals surface area contributed by atoms with Crippen LogP contribution in [0.4, 0.5) is 0 Å². The Morgan fingerprint density at radius 3 is 1.12 bits per heavy atom. The van der Waals surface area contributed by atoms with E-state index < -0.39 is 0 Å². The SMILES string of the molecule is CCC(C)(CC(C)(C)c1ccc(-n2c3ccccc3c3cc(-c4cccc(-n5c6ccccc6c6cc(-c7ccc8oc9ccccc9c8c7)ccc65)c4)ccc32)cc1)c1c[c-]c(-c2nccn2-c2c(C)c(C)c(C)c(C)c2C)cc1.Cc1c(C)c(C)c(-n2ccnc2-c2[c-]cccc2)c(C)c1C.Cc1c(C)c(C)c(-n2ccnc2-c2[c-]cccc2)c(C)c1C.[Ir+3]. The second kappa shape index (κ2) is 34.0. The number of imidazole rings is 3. The van der Waals surface area contributed by atoms with E-state index in [0.717, 1.165) is 80.3 Å². The molecule has 10 heteroatoms. The number of hydrogen-bond donors (Lipinski definition) is 0. The number of aromatic nitrogens is 8. The normalized spacial score (nSPS) is 12.2. The van der Waals surface area contributed by atoms with Gasteiger partial charge in [-0.25, -0.2) is 0 Å². The molecule has 0 fully saturated rings. The molecule has 626 valence electrons. The van der Waals surface area contributed by atoms with Crippen LogP contribution in [0.5, 0.6) is 0 Å². The van der Waals surface area contributed by atoms with Crippen LogP contribution in [-0.2, 0) is 30.9 Å². The van der Waals surface area contributed by atoms with Crippen LogP contribution in [0.25, 0.3) is 150 Å². The maximum absolute atomic E-state index is 6.18. The standard InChI is InChI=1S/C76H65N4O.2C20H21N2.Ir/c1-10-76(9,58-31-26-52(27-32-58)74-77-40-41-78(74)73-50(5)48(3)47(2)49(4)51(73)6)46-75(7,8)57-33-35-59(36-34-57)79-67-23-14-11-20-61(67)64-43-54(28-37-69(64)79)53-18-17-19-60(42-53)80-68-24-15-12-21-62(68)65-44-55(29-38-70(65)80)56-30-39-72-66(45-56)63-22-13-16-25-71(63)81-72;2*1-13-14(2)16(4)19(17(5)15(13)3)22-12-11-21-20(22)18-9-7-6-8-10-18;/h11-26,28-45H,10,46H2,1-9H3;2*6-9,11-12H,1-5H3;/q3*-1;+3. The van der Waals surface area contributed by atoms with E-state index in [0.29, 0.717) is 0 Å². The van der Waals surface area contributed by atoms with Gasteiger partial charge in [-0.05, 0) is 311 Å². The van der Waals surface area contributed by atoms with Crippen LogP contribution >= 0.6 is 0 Å². The summed E-state index contributed by atoms with van der Waals surface area (Å²) in [6, 6.07) is 97.8. The number of hydrogen-bond acceptors (Lipinski definition) is 4. The van der Waals surface area contributed by atoms with Crippen molar-refractivity contribution in [1.82, 2.24) is 37.8 Å². The van der Waals surface area contributed by atoms with Crippen molar-refractivity contribution in [1.29, 1.82) is 0 Å². The molecule has 6 aromatic heterocycles. The third-order valence-electron chi connectivity index (χ3n) is 28.2. The van der Waals surface area contributed by atoms with E-state index >= 15 is 0 Å². The first kappa shape index (κ1) is 84.9. The molecular weight excluding hydrogens is 1710 g/mol. The molecular formula is C116H107IrN8O. The van der Waals surface area contributed by atoms with Gasteiger partial charge < -0.3 is 27.3 Å². The van der Waals surface area contributed by atoms with Gasteiger partial charge in [-0.2, -0.15) is 0 Å². The number of para-hydroxylation sites is 3. The Labute approximate surface area is 755 Å².